The fourth-order valence-electron chi connectivity index (χ4n) is 6.50. The van der Waals surface area contributed by atoms with E-state index in [0.29, 0.717) is 35.2 Å². The van der Waals surface area contributed by atoms with Gasteiger partial charge in [-0.2, -0.15) is 0 Å². The number of carbonyl (C=O) groups excluding carboxylic acids is 2. The average Bonchev–Trinajstić information content (AvgIpc) is 3.22. The number of hydrogen-bond donors (Lipinski definition) is 3. The van der Waals surface area contributed by atoms with Crippen molar-refractivity contribution >= 4 is 41.1 Å². The van der Waals surface area contributed by atoms with Gasteiger partial charge in [0.05, 0.1) is 16.5 Å². The highest BCUT2D eigenvalue weighted by Crippen LogP contribution is 2.53. The lowest BCUT2D eigenvalue weighted by Gasteiger charge is -2.39. The van der Waals surface area contributed by atoms with Crippen molar-refractivity contribution in [2.24, 2.45) is 11.3 Å². The van der Waals surface area contributed by atoms with Gasteiger partial charge in [0.15, 0.2) is 0 Å². The molecule has 2 aliphatic heterocycles. The molecule has 2 heterocycles. The third kappa shape index (κ3) is 6.18. The molecule has 4 rings (SSSR count). The van der Waals surface area contributed by atoms with Crippen LogP contribution in [0.5, 0.6) is 0 Å². The van der Waals surface area contributed by atoms with Gasteiger partial charge in [0.2, 0.25) is 5.91 Å². The fourth-order valence-corrected chi connectivity index (χ4v) is 6.86. The van der Waals surface area contributed by atoms with Crippen LogP contribution in [0.2, 0.25) is 10.0 Å². The van der Waals surface area contributed by atoms with Gasteiger partial charge in [-0.05, 0) is 80.1 Å². The fraction of sp³-hybridized carbons (Fsp3) is 0.548. The van der Waals surface area contributed by atoms with Crippen LogP contribution in [0.3, 0.4) is 0 Å². The van der Waals surface area contributed by atoms with Gasteiger partial charge in [-0.1, -0.05) is 62.2 Å². The van der Waals surface area contributed by atoms with Gasteiger partial charge in [-0.15, -0.1) is 0 Å². The third-order valence-corrected chi connectivity index (χ3v) is 9.06. The molecule has 0 radical (unpaired) electrons. The number of carbonyl (C=O) groups is 2. The first-order valence-corrected chi connectivity index (χ1v) is 14.8. The van der Waals surface area contributed by atoms with Crippen molar-refractivity contribution in [3.63, 3.8) is 0 Å². The SMILES string of the molecule is CNc1cc(Cl)ccc1[C@]1(C=O)[C@@H](CC(C)(C)C)N[C@@H](C(=O)NCC2CCN(C)CC2)[C@@H]1c1cccc(Cl)c1F. The molecule has 2 aromatic carbocycles. The largest absolute Gasteiger partial charge is 0.388 e. The summed E-state index contributed by atoms with van der Waals surface area (Å²) in [6.45, 7) is 8.79. The zero-order valence-corrected chi connectivity index (χ0v) is 25.5. The van der Waals surface area contributed by atoms with Gasteiger partial charge in [0, 0.05) is 36.3 Å². The monoisotopic (exact) mass is 590 g/mol. The molecule has 218 valence electrons. The second kappa shape index (κ2) is 12.4. The van der Waals surface area contributed by atoms with E-state index in [4.69, 9.17) is 23.2 Å². The maximum absolute atomic E-state index is 15.9. The molecule has 1 amide bonds. The smallest absolute Gasteiger partial charge is 0.237 e. The zero-order valence-electron chi connectivity index (χ0n) is 24.0. The second-order valence-corrected chi connectivity index (χ2v) is 13.4. The molecule has 0 bridgehead atoms. The predicted octanol–water partition coefficient (Wildman–Crippen LogP) is 5.63. The Kier molecular flexibility index (Phi) is 9.50. The maximum Gasteiger partial charge on any atom is 0.237 e. The summed E-state index contributed by atoms with van der Waals surface area (Å²) in [6.07, 6.45) is 3.47. The van der Waals surface area contributed by atoms with E-state index in [2.05, 4.69) is 48.7 Å². The van der Waals surface area contributed by atoms with E-state index in [9.17, 15) is 9.59 Å². The molecule has 2 aromatic rings. The number of rotatable bonds is 8. The van der Waals surface area contributed by atoms with Crippen molar-refractivity contribution in [2.45, 2.75) is 63.5 Å². The quantitative estimate of drug-likeness (QED) is 0.347. The van der Waals surface area contributed by atoms with Crippen LogP contribution >= 0.6 is 23.2 Å². The molecule has 9 heteroatoms. The Morgan fingerprint density at radius 2 is 1.90 bits per heavy atom. The van der Waals surface area contributed by atoms with Crippen molar-refractivity contribution in [1.29, 1.82) is 0 Å². The number of aldehydes is 1. The van der Waals surface area contributed by atoms with Crippen LogP contribution in [0, 0.1) is 17.2 Å². The summed E-state index contributed by atoms with van der Waals surface area (Å²) < 4.78 is 15.9. The Balaban J connectivity index is 1.86. The van der Waals surface area contributed by atoms with Crippen LogP contribution in [-0.4, -0.2) is 62.9 Å². The van der Waals surface area contributed by atoms with Crippen molar-refractivity contribution in [1.82, 2.24) is 15.5 Å². The molecule has 2 fully saturated rings. The number of halogens is 3. The van der Waals surface area contributed by atoms with Gasteiger partial charge >= 0.3 is 0 Å². The van der Waals surface area contributed by atoms with Crippen molar-refractivity contribution < 1.29 is 14.0 Å². The molecular weight excluding hydrogens is 550 g/mol. The zero-order chi connectivity index (χ0) is 29.2. The number of likely N-dealkylation sites (tertiary alicyclic amines) is 1. The molecule has 6 nitrogen and oxygen atoms in total. The Hall–Kier alpha value is -2.19. The number of benzene rings is 2. The third-order valence-electron chi connectivity index (χ3n) is 8.54. The molecule has 0 aliphatic carbocycles. The van der Waals surface area contributed by atoms with Crippen molar-refractivity contribution in [3.8, 4) is 0 Å². The predicted molar refractivity (Wildman–Crippen MR) is 161 cm³/mol. The molecule has 2 aliphatic rings. The van der Waals surface area contributed by atoms with E-state index < -0.39 is 29.2 Å². The highest BCUT2D eigenvalue weighted by molar-refractivity contribution is 6.31. The standard InChI is InChI=1S/C31H41Cl2FN4O2/c1-30(2,3)16-25-31(18-39,22-10-9-20(32)15-24(22)35-4)26(21-7-6-8-23(33)27(21)34)28(37-25)29(40)36-17-19-11-13-38(5)14-12-19/h6-10,15,18-19,25-26,28,35,37H,11-14,16-17H2,1-5H3,(H,36,40)/t25-,26+,28-,31-/m1/s1. The molecule has 0 unspecified atom stereocenters. The number of piperidine rings is 1. The van der Waals surface area contributed by atoms with Crippen molar-refractivity contribution in [2.75, 3.05) is 39.0 Å². The van der Waals surface area contributed by atoms with Crippen LogP contribution in [0.4, 0.5) is 10.1 Å². The maximum atomic E-state index is 15.9. The summed E-state index contributed by atoms with van der Waals surface area (Å²) in [5.41, 5.74) is 0.0537. The minimum Gasteiger partial charge on any atom is -0.388 e. The normalized spacial score (nSPS) is 26.1. The number of amides is 1. The molecular formula is C31H41Cl2FN4O2. The van der Waals surface area contributed by atoms with E-state index >= 15 is 4.39 Å². The highest BCUT2D eigenvalue weighted by Gasteiger charge is 2.60. The van der Waals surface area contributed by atoms with E-state index in [1.54, 1.807) is 31.3 Å². The summed E-state index contributed by atoms with van der Waals surface area (Å²) in [6, 6.07) is 8.76. The molecule has 3 N–H and O–H groups in total. The topological polar surface area (TPSA) is 73.5 Å². The van der Waals surface area contributed by atoms with Crippen LogP contribution in [0.15, 0.2) is 36.4 Å². The van der Waals surface area contributed by atoms with E-state index in [0.717, 1.165) is 32.2 Å². The van der Waals surface area contributed by atoms with Crippen LogP contribution < -0.4 is 16.0 Å². The Bertz CT molecular complexity index is 1230. The number of anilines is 1. The summed E-state index contributed by atoms with van der Waals surface area (Å²) in [7, 11) is 3.86. The van der Waals surface area contributed by atoms with E-state index in [1.807, 2.05) is 6.07 Å². The first-order chi connectivity index (χ1) is 18.9. The Morgan fingerprint density at radius 3 is 2.52 bits per heavy atom. The lowest BCUT2D eigenvalue weighted by atomic mass is 9.62. The number of nitrogens with one attached hydrogen (secondary N) is 3. The van der Waals surface area contributed by atoms with Gasteiger partial charge in [0.1, 0.15) is 12.1 Å². The minimum absolute atomic E-state index is 0.0491. The molecule has 0 spiro atoms. The lowest BCUT2D eigenvalue weighted by molar-refractivity contribution is -0.123. The number of nitrogens with zero attached hydrogens (tertiary/aromatic N) is 1. The molecule has 0 aromatic heterocycles. The summed E-state index contributed by atoms with van der Waals surface area (Å²) in [5.74, 6) is -1.35. The van der Waals surface area contributed by atoms with Gasteiger partial charge in [0.25, 0.3) is 0 Å². The first kappa shape index (κ1) is 30.8. The van der Waals surface area contributed by atoms with Crippen molar-refractivity contribution in [3.05, 3.63) is 63.4 Å². The average molecular weight is 592 g/mol. The van der Waals surface area contributed by atoms with Gasteiger partial charge < -0.3 is 25.6 Å². The van der Waals surface area contributed by atoms with Gasteiger partial charge in [-0.25, -0.2) is 4.39 Å². The Labute approximate surface area is 247 Å². The van der Waals surface area contributed by atoms with Crippen LogP contribution in [-0.2, 0) is 15.0 Å². The summed E-state index contributed by atoms with van der Waals surface area (Å²) in [5, 5.41) is 10.3. The molecule has 4 atom stereocenters. The summed E-state index contributed by atoms with van der Waals surface area (Å²) in [4.78, 5) is 29.9. The molecule has 40 heavy (non-hydrogen) atoms. The van der Waals surface area contributed by atoms with Gasteiger partial charge in [-0.3, -0.25) is 4.79 Å². The van der Waals surface area contributed by atoms with E-state index in [1.165, 1.54) is 6.07 Å². The molecule has 2 saturated heterocycles. The van der Waals surface area contributed by atoms with E-state index in [-0.39, 0.29) is 21.9 Å². The minimum atomic E-state index is -1.29. The lowest BCUT2D eigenvalue weighted by Crippen LogP contribution is -2.47. The van der Waals surface area contributed by atoms with Crippen LogP contribution in [0.25, 0.3) is 0 Å². The number of hydrogen-bond acceptors (Lipinski definition) is 5. The Morgan fingerprint density at radius 1 is 1.20 bits per heavy atom. The highest BCUT2D eigenvalue weighted by atomic mass is 35.5. The molecule has 0 saturated carbocycles. The summed E-state index contributed by atoms with van der Waals surface area (Å²) >= 11 is 12.6. The van der Waals surface area contributed by atoms with Crippen LogP contribution in [0.1, 0.15) is 57.1 Å². The second-order valence-electron chi connectivity index (χ2n) is 12.6. The first-order valence-electron chi connectivity index (χ1n) is 14.0.